The Kier molecular flexibility index (Phi) is 10.3. The lowest BCUT2D eigenvalue weighted by atomic mass is 9.92. The fourth-order valence-corrected chi connectivity index (χ4v) is 5.06. The predicted octanol–water partition coefficient (Wildman–Crippen LogP) is 6.04. The standard InChI is InChI=1S/C31H39N5O.C2H6/c1-21(17-29-23(3)35(6)14-13-28(29)26-8-10-30(32)33-19-26)20-36-15-11-24(12-16-36)27-9-7-25(18-22(27)2)31(37)34(4)5;1-2/h7-11,13,17-19H,12,14-16,20H2,1-6H3,(H2,32,33);1-2H3/b21-17+;. The van der Waals surface area contributed by atoms with E-state index in [1.54, 1.807) is 19.0 Å². The number of hydrogen-bond donors (Lipinski definition) is 1. The Hall–Kier alpha value is -3.64. The van der Waals surface area contributed by atoms with E-state index in [4.69, 9.17) is 5.73 Å². The summed E-state index contributed by atoms with van der Waals surface area (Å²) >= 11 is 0. The van der Waals surface area contributed by atoms with Gasteiger partial charge in [-0.1, -0.05) is 43.7 Å². The number of anilines is 1. The Morgan fingerprint density at radius 2 is 1.85 bits per heavy atom. The van der Waals surface area contributed by atoms with Crippen molar-refractivity contribution in [3.8, 4) is 0 Å². The van der Waals surface area contributed by atoms with Gasteiger partial charge in [0.25, 0.3) is 5.91 Å². The van der Waals surface area contributed by atoms with Gasteiger partial charge in [-0.2, -0.15) is 0 Å². The van der Waals surface area contributed by atoms with Crippen LogP contribution in [0.4, 0.5) is 5.82 Å². The summed E-state index contributed by atoms with van der Waals surface area (Å²) in [5.74, 6) is 0.581. The Balaban J connectivity index is 0.00000205. The lowest BCUT2D eigenvalue weighted by molar-refractivity contribution is 0.0827. The molecule has 208 valence electrons. The number of aromatic nitrogens is 1. The summed E-state index contributed by atoms with van der Waals surface area (Å²) < 4.78 is 0. The van der Waals surface area contributed by atoms with E-state index in [9.17, 15) is 4.79 Å². The second-order valence-electron chi connectivity index (χ2n) is 10.4. The van der Waals surface area contributed by atoms with E-state index in [-0.39, 0.29) is 5.91 Å². The highest BCUT2D eigenvalue weighted by atomic mass is 16.2. The van der Waals surface area contributed by atoms with Crippen LogP contribution in [0.15, 0.2) is 71.6 Å². The summed E-state index contributed by atoms with van der Waals surface area (Å²) in [4.78, 5) is 23.0. The van der Waals surface area contributed by atoms with Crippen molar-refractivity contribution < 1.29 is 4.79 Å². The van der Waals surface area contributed by atoms with E-state index in [2.05, 4.69) is 73.0 Å². The zero-order chi connectivity index (χ0) is 28.7. The number of hydrogen-bond acceptors (Lipinski definition) is 5. The lowest BCUT2D eigenvalue weighted by Crippen LogP contribution is -2.30. The van der Waals surface area contributed by atoms with E-state index < -0.39 is 0 Å². The first-order chi connectivity index (χ1) is 18.6. The number of rotatable bonds is 6. The topological polar surface area (TPSA) is 65.7 Å². The van der Waals surface area contributed by atoms with Crippen LogP contribution in [0, 0.1) is 6.92 Å². The molecule has 2 aliphatic heterocycles. The normalized spacial score (nSPS) is 16.3. The third kappa shape index (κ3) is 7.27. The molecular weight excluding hydrogens is 482 g/mol. The van der Waals surface area contributed by atoms with Gasteiger partial charge in [0, 0.05) is 75.9 Å². The molecule has 3 heterocycles. The molecule has 0 fully saturated rings. The molecule has 0 aliphatic carbocycles. The average molecular weight is 528 g/mol. The highest BCUT2D eigenvalue weighted by molar-refractivity contribution is 5.94. The molecule has 2 aliphatic rings. The van der Waals surface area contributed by atoms with Gasteiger partial charge in [-0.3, -0.25) is 9.69 Å². The number of likely N-dealkylation sites (N-methyl/N-ethyl adjacent to an activating group) is 1. The number of pyridine rings is 1. The molecular formula is C33H45N5O. The van der Waals surface area contributed by atoms with Crippen molar-refractivity contribution in [2.24, 2.45) is 0 Å². The number of amides is 1. The lowest BCUT2D eigenvalue weighted by Gasteiger charge is -2.29. The van der Waals surface area contributed by atoms with Gasteiger partial charge in [0.2, 0.25) is 0 Å². The Bertz CT molecular complexity index is 1300. The minimum atomic E-state index is 0.0425. The van der Waals surface area contributed by atoms with Crippen LogP contribution in [-0.4, -0.2) is 72.9 Å². The maximum Gasteiger partial charge on any atom is 0.253 e. The molecule has 0 saturated heterocycles. The molecule has 1 aromatic heterocycles. The molecule has 0 radical (unpaired) electrons. The number of allylic oxidation sites excluding steroid dienone is 4. The predicted molar refractivity (Wildman–Crippen MR) is 165 cm³/mol. The minimum Gasteiger partial charge on any atom is -0.384 e. The molecule has 39 heavy (non-hydrogen) atoms. The smallest absolute Gasteiger partial charge is 0.253 e. The van der Waals surface area contributed by atoms with E-state index in [1.165, 1.54) is 33.6 Å². The zero-order valence-corrected chi connectivity index (χ0v) is 25.0. The maximum absolute atomic E-state index is 12.3. The number of carbonyl (C=O) groups is 1. The Morgan fingerprint density at radius 3 is 2.44 bits per heavy atom. The number of nitrogens with two attached hydrogens (primary N) is 1. The molecule has 1 aromatic carbocycles. The SMILES string of the molecule is CC.CC1=C(/C=C(\C)CN2CC=C(c3ccc(C(=O)N(C)C)cc3C)CC2)C(c2ccc(N)nc2)=CCN1C. The van der Waals surface area contributed by atoms with Crippen LogP contribution in [0.25, 0.3) is 11.1 Å². The van der Waals surface area contributed by atoms with E-state index in [0.717, 1.165) is 49.3 Å². The zero-order valence-electron chi connectivity index (χ0n) is 25.0. The fraction of sp³-hybridized carbons (Fsp3) is 0.394. The minimum absolute atomic E-state index is 0.0425. The molecule has 0 bridgehead atoms. The summed E-state index contributed by atoms with van der Waals surface area (Å²) in [6.07, 6.45) is 9.81. The van der Waals surface area contributed by atoms with Crippen molar-refractivity contribution in [1.82, 2.24) is 19.7 Å². The molecule has 0 spiro atoms. The van der Waals surface area contributed by atoms with Crippen LogP contribution in [0.5, 0.6) is 0 Å². The van der Waals surface area contributed by atoms with E-state index in [1.807, 2.05) is 38.2 Å². The molecule has 1 amide bonds. The van der Waals surface area contributed by atoms with Gasteiger partial charge in [-0.15, -0.1) is 0 Å². The van der Waals surface area contributed by atoms with E-state index in [0.29, 0.717) is 5.82 Å². The van der Waals surface area contributed by atoms with Crippen molar-refractivity contribution in [2.75, 3.05) is 53.1 Å². The number of carbonyl (C=O) groups excluding carboxylic acids is 1. The van der Waals surface area contributed by atoms with Crippen molar-refractivity contribution in [3.63, 3.8) is 0 Å². The monoisotopic (exact) mass is 527 g/mol. The quantitative estimate of drug-likeness (QED) is 0.496. The van der Waals surface area contributed by atoms with Crippen molar-refractivity contribution in [3.05, 3.63) is 93.9 Å². The molecule has 4 rings (SSSR count). The highest BCUT2D eigenvalue weighted by Gasteiger charge is 2.19. The largest absolute Gasteiger partial charge is 0.384 e. The molecule has 6 nitrogen and oxygen atoms in total. The molecule has 0 saturated carbocycles. The number of nitrogen functional groups attached to an aromatic ring is 1. The Morgan fingerprint density at radius 1 is 1.10 bits per heavy atom. The summed E-state index contributed by atoms with van der Waals surface area (Å²) in [5, 5.41) is 0. The first-order valence-electron chi connectivity index (χ1n) is 13.9. The summed E-state index contributed by atoms with van der Waals surface area (Å²) in [7, 11) is 5.71. The van der Waals surface area contributed by atoms with Gasteiger partial charge in [0.05, 0.1) is 0 Å². The van der Waals surface area contributed by atoms with Crippen LogP contribution in [0.2, 0.25) is 0 Å². The van der Waals surface area contributed by atoms with Gasteiger partial charge < -0.3 is 15.5 Å². The van der Waals surface area contributed by atoms with Crippen LogP contribution in [0.3, 0.4) is 0 Å². The first kappa shape index (κ1) is 29.9. The second kappa shape index (κ2) is 13.4. The molecule has 2 aromatic rings. The summed E-state index contributed by atoms with van der Waals surface area (Å²) in [6.45, 7) is 14.2. The van der Waals surface area contributed by atoms with Crippen LogP contribution in [0.1, 0.15) is 61.2 Å². The fourth-order valence-electron chi connectivity index (χ4n) is 5.06. The molecule has 0 atom stereocenters. The maximum atomic E-state index is 12.3. The second-order valence-corrected chi connectivity index (χ2v) is 10.4. The first-order valence-corrected chi connectivity index (χ1v) is 13.9. The third-order valence-corrected chi connectivity index (χ3v) is 7.30. The van der Waals surface area contributed by atoms with Crippen LogP contribution in [-0.2, 0) is 0 Å². The molecule has 6 heteroatoms. The van der Waals surface area contributed by atoms with Crippen molar-refractivity contribution >= 4 is 22.9 Å². The number of benzene rings is 1. The number of nitrogens with zero attached hydrogens (tertiary/aromatic N) is 4. The van der Waals surface area contributed by atoms with Gasteiger partial charge in [-0.25, -0.2) is 4.98 Å². The van der Waals surface area contributed by atoms with Crippen molar-refractivity contribution in [1.29, 1.82) is 0 Å². The van der Waals surface area contributed by atoms with Gasteiger partial charge in [0.1, 0.15) is 5.82 Å². The van der Waals surface area contributed by atoms with Crippen LogP contribution >= 0.6 is 0 Å². The third-order valence-electron chi connectivity index (χ3n) is 7.30. The van der Waals surface area contributed by atoms with Crippen LogP contribution < -0.4 is 5.73 Å². The van der Waals surface area contributed by atoms with Crippen molar-refractivity contribution in [2.45, 2.75) is 41.0 Å². The summed E-state index contributed by atoms with van der Waals surface area (Å²) in [6, 6.07) is 9.98. The average Bonchev–Trinajstić information content (AvgIpc) is 2.93. The Labute approximate surface area is 235 Å². The van der Waals surface area contributed by atoms with Gasteiger partial charge >= 0.3 is 0 Å². The summed E-state index contributed by atoms with van der Waals surface area (Å²) in [5.41, 5.74) is 16.5. The molecule has 0 unspecified atom stereocenters. The van der Waals surface area contributed by atoms with E-state index >= 15 is 0 Å². The highest BCUT2D eigenvalue weighted by Crippen LogP contribution is 2.32. The molecule has 2 N–H and O–H groups in total. The van der Waals surface area contributed by atoms with Gasteiger partial charge in [-0.05, 0) is 73.7 Å². The van der Waals surface area contributed by atoms with Gasteiger partial charge in [0.15, 0.2) is 0 Å². The number of aryl methyl sites for hydroxylation is 1.